The maximum Gasteiger partial charge on any atom is 0.242 e. The summed E-state index contributed by atoms with van der Waals surface area (Å²) < 4.78 is 0. The van der Waals surface area contributed by atoms with E-state index in [4.69, 9.17) is 0 Å². The third kappa shape index (κ3) is 4.81. The zero-order chi connectivity index (χ0) is 16.8. The second kappa shape index (κ2) is 8.14. The number of hydrogen-bond acceptors (Lipinski definition) is 2. The fourth-order valence-electron chi connectivity index (χ4n) is 3.07. The molecule has 1 aliphatic rings. The largest absolute Gasteiger partial charge is 0.352 e. The lowest BCUT2D eigenvalue weighted by molar-refractivity contribution is -0.140. The van der Waals surface area contributed by atoms with Crippen molar-refractivity contribution in [2.45, 2.75) is 71.5 Å². The summed E-state index contributed by atoms with van der Waals surface area (Å²) in [6, 6.07) is 7.95. The summed E-state index contributed by atoms with van der Waals surface area (Å²) in [5.41, 5.74) is 2.24. The molecule has 4 heteroatoms. The molecule has 2 amide bonds. The van der Waals surface area contributed by atoms with Crippen molar-refractivity contribution in [3.63, 3.8) is 0 Å². The van der Waals surface area contributed by atoms with E-state index in [1.54, 1.807) is 4.90 Å². The number of hydrogen-bond donors (Lipinski definition) is 1. The lowest BCUT2D eigenvalue weighted by Crippen LogP contribution is -2.49. The topological polar surface area (TPSA) is 49.4 Å². The third-order valence-electron chi connectivity index (χ3n) is 4.64. The van der Waals surface area contributed by atoms with Crippen LogP contribution in [0.25, 0.3) is 0 Å². The standard InChI is InChI=1S/C19H28N2O2/c1-4-18(22)21(13-16-11-9-14(2)10-12-16)15(3)19(23)20-17-7-5-6-8-17/h9-12,15,17H,4-8,13H2,1-3H3,(H,20,23). The first-order valence-corrected chi connectivity index (χ1v) is 8.66. The minimum atomic E-state index is -0.440. The highest BCUT2D eigenvalue weighted by Crippen LogP contribution is 2.18. The van der Waals surface area contributed by atoms with Crippen LogP contribution in [0.4, 0.5) is 0 Å². The molecule has 1 fully saturated rings. The minimum absolute atomic E-state index is 0.0136. The zero-order valence-corrected chi connectivity index (χ0v) is 14.5. The Hall–Kier alpha value is -1.84. The van der Waals surface area contributed by atoms with E-state index < -0.39 is 6.04 Å². The molecule has 0 bridgehead atoms. The van der Waals surface area contributed by atoms with Crippen LogP contribution in [0.5, 0.6) is 0 Å². The van der Waals surface area contributed by atoms with Crippen molar-refractivity contribution in [1.82, 2.24) is 10.2 Å². The molecule has 1 aromatic carbocycles. The lowest BCUT2D eigenvalue weighted by Gasteiger charge is -2.29. The predicted octanol–water partition coefficient (Wildman–Crippen LogP) is 3.18. The van der Waals surface area contributed by atoms with Gasteiger partial charge in [0.25, 0.3) is 0 Å². The lowest BCUT2D eigenvalue weighted by atomic mass is 10.1. The first-order chi connectivity index (χ1) is 11.0. The van der Waals surface area contributed by atoms with Crippen LogP contribution in [0, 0.1) is 6.92 Å². The Labute approximate surface area is 139 Å². The molecule has 4 nitrogen and oxygen atoms in total. The number of carbonyl (C=O) groups excluding carboxylic acids is 2. The number of rotatable bonds is 6. The van der Waals surface area contributed by atoms with Crippen LogP contribution >= 0.6 is 0 Å². The van der Waals surface area contributed by atoms with Crippen molar-refractivity contribution < 1.29 is 9.59 Å². The molecule has 0 heterocycles. The predicted molar refractivity (Wildman–Crippen MR) is 91.9 cm³/mol. The molecular weight excluding hydrogens is 288 g/mol. The van der Waals surface area contributed by atoms with E-state index in [0.29, 0.717) is 13.0 Å². The molecule has 1 unspecified atom stereocenters. The number of nitrogens with one attached hydrogen (secondary N) is 1. The normalized spacial score (nSPS) is 16.1. The maximum absolute atomic E-state index is 12.5. The van der Waals surface area contributed by atoms with Crippen molar-refractivity contribution in [3.05, 3.63) is 35.4 Å². The summed E-state index contributed by atoms with van der Waals surface area (Å²) in [5, 5.41) is 3.10. The highest BCUT2D eigenvalue weighted by Gasteiger charge is 2.27. The molecule has 126 valence electrons. The minimum Gasteiger partial charge on any atom is -0.352 e. The summed E-state index contributed by atoms with van der Waals surface area (Å²) in [7, 11) is 0. The molecule has 0 aliphatic heterocycles. The Morgan fingerprint density at radius 3 is 2.39 bits per heavy atom. The van der Waals surface area contributed by atoms with E-state index in [2.05, 4.69) is 5.32 Å². The zero-order valence-electron chi connectivity index (χ0n) is 14.5. The number of amides is 2. The summed E-state index contributed by atoms with van der Waals surface area (Å²) in [5.74, 6) is -0.0227. The van der Waals surface area contributed by atoms with Crippen LogP contribution in [-0.4, -0.2) is 28.8 Å². The van der Waals surface area contributed by atoms with Crippen molar-refractivity contribution >= 4 is 11.8 Å². The van der Waals surface area contributed by atoms with Crippen LogP contribution in [0.2, 0.25) is 0 Å². The molecule has 1 N–H and O–H groups in total. The Morgan fingerprint density at radius 2 is 1.83 bits per heavy atom. The monoisotopic (exact) mass is 316 g/mol. The van der Waals surface area contributed by atoms with Crippen LogP contribution in [0.15, 0.2) is 24.3 Å². The van der Waals surface area contributed by atoms with Gasteiger partial charge < -0.3 is 10.2 Å². The summed E-state index contributed by atoms with van der Waals surface area (Å²) in [4.78, 5) is 26.5. The molecule has 0 radical (unpaired) electrons. The van der Waals surface area contributed by atoms with Crippen molar-refractivity contribution in [3.8, 4) is 0 Å². The molecule has 1 saturated carbocycles. The quantitative estimate of drug-likeness (QED) is 0.876. The fourth-order valence-corrected chi connectivity index (χ4v) is 3.07. The number of aryl methyl sites for hydroxylation is 1. The first-order valence-electron chi connectivity index (χ1n) is 8.66. The van der Waals surface area contributed by atoms with Gasteiger partial charge in [-0.05, 0) is 32.3 Å². The highest BCUT2D eigenvalue weighted by molar-refractivity contribution is 5.87. The van der Waals surface area contributed by atoms with Gasteiger partial charge in [-0.1, -0.05) is 49.6 Å². The Balaban J connectivity index is 2.05. The molecule has 0 saturated heterocycles. The molecular formula is C19H28N2O2. The molecule has 1 atom stereocenters. The van der Waals surface area contributed by atoms with Crippen LogP contribution in [0.3, 0.4) is 0 Å². The molecule has 1 aliphatic carbocycles. The second-order valence-electron chi connectivity index (χ2n) is 6.53. The van der Waals surface area contributed by atoms with E-state index in [0.717, 1.165) is 18.4 Å². The number of nitrogens with zero attached hydrogens (tertiary/aromatic N) is 1. The van der Waals surface area contributed by atoms with Gasteiger partial charge in [0.05, 0.1) is 0 Å². The molecule has 1 aromatic rings. The Kier molecular flexibility index (Phi) is 6.20. The average molecular weight is 316 g/mol. The molecule has 23 heavy (non-hydrogen) atoms. The van der Waals surface area contributed by atoms with Gasteiger partial charge in [-0.25, -0.2) is 0 Å². The summed E-state index contributed by atoms with van der Waals surface area (Å²) in [6.07, 6.45) is 4.88. The van der Waals surface area contributed by atoms with E-state index in [1.165, 1.54) is 18.4 Å². The van der Waals surface area contributed by atoms with E-state index in [9.17, 15) is 9.59 Å². The van der Waals surface area contributed by atoms with Crippen LogP contribution < -0.4 is 5.32 Å². The van der Waals surface area contributed by atoms with Gasteiger partial charge in [-0.15, -0.1) is 0 Å². The van der Waals surface area contributed by atoms with Gasteiger partial charge in [-0.3, -0.25) is 9.59 Å². The molecule has 0 aromatic heterocycles. The van der Waals surface area contributed by atoms with Gasteiger partial charge in [0.15, 0.2) is 0 Å². The van der Waals surface area contributed by atoms with Crippen molar-refractivity contribution in [2.75, 3.05) is 0 Å². The van der Waals surface area contributed by atoms with E-state index in [1.807, 2.05) is 45.0 Å². The second-order valence-corrected chi connectivity index (χ2v) is 6.53. The number of benzene rings is 1. The first kappa shape index (κ1) is 17.5. The molecule has 0 spiro atoms. The Bertz CT molecular complexity index is 533. The SMILES string of the molecule is CCC(=O)N(Cc1ccc(C)cc1)C(C)C(=O)NC1CCCC1. The highest BCUT2D eigenvalue weighted by atomic mass is 16.2. The van der Waals surface area contributed by atoms with E-state index >= 15 is 0 Å². The Morgan fingerprint density at radius 1 is 1.22 bits per heavy atom. The average Bonchev–Trinajstić information content (AvgIpc) is 3.06. The van der Waals surface area contributed by atoms with E-state index in [-0.39, 0.29) is 17.9 Å². The molecule has 2 rings (SSSR count). The van der Waals surface area contributed by atoms with Crippen molar-refractivity contribution in [1.29, 1.82) is 0 Å². The van der Waals surface area contributed by atoms with Gasteiger partial charge in [0.1, 0.15) is 6.04 Å². The van der Waals surface area contributed by atoms with Crippen molar-refractivity contribution in [2.24, 2.45) is 0 Å². The van der Waals surface area contributed by atoms with Gasteiger partial charge in [0, 0.05) is 19.0 Å². The fraction of sp³-hybridized carbons (Fsp3) is 0.579. The van der Waals surface area contributed by atoms with Gasteiger partial charge in [0.2, 0.25) is 11.8 Å². The van der Waals surface area contributed by atoms with Crippen LogP contribution in [0.1, 0.15) is 57.1 Å². The van der Waals surface area contributed by atoms with Crippen LogP contribution in [-0.2, 0) is 16.1 Å². The maximum atomic E-state index is 12.5. The number of carbonyl (C=O) groups is 2. The van der Waals surface area contributed by atoms with Gasteiger partial charge in [-0.2, -0.15) is 0 Å². The van der Waals surface area contributed by atoms with Gasteiger partial charge >= 0.3 is 0 Å². The summed E-state index contributed by atoms with van der Waals surface area (Å²) >= 11 is 0. The smallest absolute Gasteiger partial charge is 0.242 e. The third-order valence-corrected chi connectivity index (χ3v) is 4.64. The summed E-state index contributed by atoms with van der Waals surface area (Å²) in [6.45, 7) is 6.18.